The second-order valence-electron chi connectivity index (χ2n) is 4.01. The molecule has 7 nitrogen and oxygen atoms in total. The molecule has 0 radical (unpaired) electrons. The molecule has 0 spiro atoms. The predicted octanol–water partition coefficient (Wildman–Crippen LogP) is 1.75. The molecule has 3 N–H and O–H groups in total. The number of rotatable bonds is 4. The van der Waals surface area contributed by atoms with Crippen molar-refractivity contribution in [2.45, 2.75) is 36.6 Å². The number of hydrogen-bond donors (Lipinski definition) is 2. The molecule has 2 aromatic rings. The zero-order valence-electron chi connectivity index (χ0n) is 11.3. The highest BCUT2D eigenvalue weighted by Gasteiger charge is 2.18. The summed E-state index contributed by atoms with van der Waals surface area (Å²) in [5.41, 5.74) is 7.89. The van der Waals surface area contributed by atoms with Gasteiger partial charge >= 0.3 is 0 Å². The van der Waals surface area contributed by atoms with Crippen molar-refractivity contribution in [3.05, 3.63) is 22.6 Å². The van der Waals surface area contributed by atoms with E-state index in [1.807, 2.05) is 20.8 Å². The molecule has 0 bridgehead atoms. The molecule has 20 heavy (non-hydrogen) atoms. The third-order valence-corrected chi connectivity index (χ3v) is 4.50. The van der Waals surface area contributed by atoms with Crippen LogP contribution in [0.25, 0.3) is 0 Å². The van der Waals surface area contributed by atoms with Gasteiger partial charge in [0.2, 0.25) is 0 Å². The van der Waals surface area contributed by atoms with Crippen LogP contribution in [0, 0.1) is 13.8 Å². The van der Waals surface area contributed by atoms with Crippen LogP contribution in [0.4, 0.5) is 0 Å². The van der Waals surface area contributed by atoms with E-state index in [0.717, 1.165) is 27.8 Å². The van der Waals surface area contributed by atoms with Crippen LogP contribution in [0.15, 0.2) is 14.5 Å². The average molecular weight is 310 g/mol. The van der Waals surface area contributed by atoms with Crippen molar-refractivity contribution in [3.63, 3.8) is 0 Å². The maximum Gasteiger partial charge on any atom is 0.176 e. The lowest BCUT2D eigenvalue weighted by molar-refractivity contribution is 0.318. The SMILES string of the molecule is CCc1nsc(Sc2nnc(C)c(C)c2C(N)=NO)n1. The lowest BCUT2D eigenvalue weighted by Gasteiger charge is -2.09. The van der Waals surface area contributed by atoms with E-state index in [-0.39, 0.29) is 5.84 Å². The molecule has 0 aliphatic rings. The maximum atomic E-state index is 8.92. The smallest absolute Gasteiger partial charge is 0.176 e. The molecule has 2 heterocycles. The van der Waals surface area contributed by atoms with Crippen LogP contribution in [-0.4, -0.2) is 30.6 Å². The third-order valence-electron chi connectivity index (χ3n) is 2.74. The quantitative estimate of drug-likeness (QED) is 0.383. The molecular formula is C11H14N6OS2. The lowest BCUT2D eigenvalue weighted by Crippen LogP contribution is -2.18. The summed E-state index contributed by atoms with van der Waals surface area (Å²) in [6.07, 6.45) is 0.781. The fraction of sp³-hybridized carbons (Fsp3) is 0.364. The predicted molar refractivity (Wildman–Crippen MR) is 77.4 cm³/mol. The summed E-state index contributed by atoms with van der Waals surface area (Å²) >= 11 is 2.61. The van der Waals surface area contributed by atoms with Gasteiger partial charge < -0.3 is 10.9 Å². The Morgan fingerprint density at radius 1 is 1.40 bits per heavy atom. The fourth-order valence-electron chi connectivity index (χ4n) is 1.52. The number of nitrogens with zero attached hydrogens (tertiary/aromatic N) is 5. The molecule has 0 saturated heterocycles. The van der Waals surface area contributed by atoms with E-state index in [0.29, 0.717) is 10.6 Å². The Balaban J connectivity index is 2.43. The Labute approximate surface area is 124 Å². The van der Waals surface area contributed by atoms with E-state index in [4.69, 9.17) is 10.9 Å². The summed E-state index contributed by atoms with van der Waals surface area (Å²) in [5.74, 6) is 0.808. The van der Waals surface area contributed by atoms with Crippen molar-refractivity contribution in [3.8, 4) is 0 Å². The Bertz CT molecular complexity index is 654. The van der Waals surface area contributed by atoms with Crippen LogP contribution >= 0.6 is 23.3 Å². The Morgan fingerprint density at radius 2 is 2.15 bits per heavy atom. The molecule has 9 heteroatoms. The number of aromatic nitrogens is 4. The second kappa shape index (κ2) is 6.14. The molecule has 0 aliphatic heterocycles. The normalized spacial score (nSPS) is 11.8. The van der Waals surface area contributed by atoms with Gasteiger partial charge in [0.25, 0.3) is 0 Å². The largest absolute Gasteiger partial charge is 0.409 e. The minimum atomic E-state index is 0.0169. The van der Waals surface area contributed by atoms with Crippen molar-refractivity contribution < 1.29 is 5.21 Å². The maximum absolute atomic E-state index is 8.92. The van der Waals surface area contributed by atoms with Gasteiger partial charge in [0.05, 0.1) is 11.3 Å². The van der Waals surface area contributed by atoms with Gasteiger partial charge in [-0.2, -0.15) is 9.47 Å². The number of amidine groups is 1. The number of aryl methyl sites for hydroxylation is 2. The van der Waals surface area contributed by atoms with Gasteiger partial charge in [-0.3, -0.25) is 0 Å². The first kappa shape index (κ1) is 14.7. The molecule has 106 valence electrons. The fourth-order valence-corrected chi connectivity index (χ4v) is 3.27. The molecule has 0 aromatic carbocycles. The highest BCUT2D eigenvalue weighted by atomic mass is 32.2. The van der Waals surface area contributed by atoms with E-state index < -0.39 is 0 Å². The summed E-state index contributed by atoms with van der Waals surface area (Å²) in [6, 6.07) is 0. The standard InChI is InChI=1S/C11H14N6OS2/c1-4-7-13-11(20-17-7)19-10-8(9(12)16-18)5(2)6(3)14-15-10/h18H,4H2,1-3H3,(H2,12,16). The van der Waals surface area contributed by atoms with Crippen molar-refractivity contribution in [2.75, 3.05) is 0 Å². The first-order valence-corrected chi connectivity index (χ1v) is 7.48. The summed E-state index contributed by atoms with van der Waals surface area (Å²) in [7, 11) is 0. The van der Waals surface area contributed by atoms with Crippen LogP contribution in [0.3, 0.4) is 0 Å². The van der Waals surface area contributed by atoms with Crippen molar-refractivity contribution in [1.82, 2.24) is 19.6 Å². The van der Waals surface area contributed by atoms with Crippen LogP contribution < -0.4 is 5.73 Å². The first-order chi connectivity index (χ1) is 9.56. The topological polar surface area (TPSA) is 110 Å². The van der Waals surface area contributed by atoms with Gasteiger partial charge in [-0.15, -0.1) is 5.10 Å². The van der Waals surface area contributed by atoms with E-state index in [1.165, 1.54) is 23.3 Å². The third kappa shape index (κ3) is 2.88. The second-order valence-corrected chi connectivity index (χ2v) is 6.00. The van der Waals surface area contributed by atoms with Crippen LogP contribution in [0.5, 0.6) is 0 Å². The van der Waals surface area contributed by atoms with Gasteiger partial charge in [-0.25, -0.2) is 4.98 Å². The van der Waals surface area contributed by atoms with Crippen LogP contribution in [0.1, 0.15) is 29.6 Å². The molecule has 0 atom stereocenters. The highest BCUT2D eigenvalue weighted by Crippen LogP contribution is 2.31. The molecule has 0 saturated carbocycles. The number of oxime groups is 1. The Kier molecular flexibility index (Phi) is 4.50. The van der Waals surface area contributed by atoms with Gasteiger partial charge in [-0.1, -0.05) is 12.1 Å². The Hall–Kier alpha value is -1.74. The molecule has 2 rings (SSSR count). The van der Waals surface area contributed by atoms with E-state index in [9.17, 15) is 0 Å². The van der Waals surface area contributed by atoms with Crippen LogP contribution in [-0.2, 0) is 6.42 Å². The van der Waals surface area contributed by atoms with Crippen molar-refractivity contribution in [2.24, 2.45) is 10.9 Å². The van der Waals surface area contributed by atoms with Crippen molar-refractivity contribution in [1.29, 1.82) is 0 Å². The van der Waals surface area contributed by atoms with E-state index >= 15 is 0 Å². The first-order valence-electron chi connectivity index (χ1n) is 5.89. The Morgan fingerprint density at radius 3 is 2.75 bits per heavy atom. The molecule has 0 amide bonds. The molecular weight excluding hydrogens is 296 g/mol. The van der Waals surface area contributed by atoms with Crippen LogP contribution in [0.2, 0.25) is 0 Å². The summed E-state index contributed by atoms with van der Waals surface area (Å²) in [6.45, 7) is 5.68. The lowest BCUT2D eigenvalue weighted by atomic mass is 10.1. The number of hydrogen-bond acceptors (Lipinski definition) is 8. The molecule has 0 fully saturated rings. The summed E-state index contributed by atoms with van der Waals surface area (Å²) in [5, 5.41) is 20.7. The molecule has 0 aliphatic carbocycles. The van der Waals surface area contributed by atoms with Gasteiger partial charge in [0.15, 0.2) is 10.2 Å². The highest BCUT2D eigenvalue weighted by molar-refractivity contribution is 8.01. The van der Waals surface area contributed by atoms with Gasteiger partial charge in [0.1, 0.15) is 10.9 Å². The average Bonchev–Trinajstić information content (AvgIpc) is 2.90. The summed E-state index contributed by atoms with van der Waals surface area (Å²) in [4.78, 5) is 4.36. The zero-order valence-corrected chi connectivity index (χ0v) is 12.9. The van der Waals surface area contributed by atoms with E-state index in [1.54, 1.807) is 0 Å². The molecule has 0 unspecified atom stereocenters. The monoisotopic (exact) mass is 310 g/mol. The van der Waals surface area contributed by atoms with E-state index in [2.05, 4.69) is 24.7 Å². The molecule has 2 aromatic heterocycles. The van der Waals surface area contributed by atoms with Gasteiger partial charge in [0, 0.05) is 6.42 Å². The van der Waals surface area contributed by atoms with Gasteiger partial charge in [-0.05, 0) is 42.7 Å². The zero-order chi connectivity index (χ0) is 14.7. The van der Waals surface area contributed by atoms with Crippen molar-refractivity contribution >= 4 is 29.1 Å². The number of nitrogens with two attached hydrogens (primary N) is 1. The minimum Gasteiger partial charge on any atom is -0.409 e. The minimum absolute atomic E-state index is 0.0169. The summed E-state index contributed by atoms with van der Waals surface area (Å²) < 4.78 is 4.97.